The number of aliphatic imine (C=N–C) groups is 1. The first kappa shape index (κ1) is 19.4. The number of piperidine rings is 1. The van der Waals surface area contributed by atoms with Crippen LogP contribution in [0.4, 0.5) is 0 Å². The lowest BCUT2D eigenvalue weighted by molar-refractivity contribution is 0.167. The molecule has 27 heavy (non-hydrogen) atoms. The van der Waals surface area contributed by atoms with Crippen LogP contribution in [0.5, 0.6) is 0 Å². The van der Waals surface area contributed by atoms with Gasteiger partial charge in [0, 0.05) is 51.2 Å². The predicted octanol–water partition coefficient (Wildman–Crippen LogP) is 2.47. The van der Waals surface area contributed by atoms with Gasteiger partial charge in [-0.1, -0.05) is 24.3 Å². The number of nitrogens with one attached hydrogen (secondary N) is 2. The van der Waals surface area contributed by atoms with Gasteiger partial charge in [-0.3, -0.25) is 9.67 Å². The van der Waals surface area contributed by atoms with Gasteiger partial charge in [0.15, 0.2) is 5.96 Å². The molecule has 0 spiro atoms. The third kappa shape index (κ3) is 5.82. The van der Waals surface area contributed by atoms with Gasteiger partial charge in [-0.15, -0.1) is 0 Å². The van der Waals surface area contributed by atoms with Gasteiger partial charge in [0.05, 0.1) is 6.54 Å². The van der Waals surface area contributed by atoms with E-state index in [1.807, 2.05) is 30.2 Å². The fraction of sp³-hybridized carbons (Fsp3) is 0.524. The molecule has 1 aromatic heterocycles. The van der Waals surface area contributed by atoms with E-state index in [4.69, 9.17) is 0 Å². The van der Waals surface area contributed by atoms with Gasteiger partial charge in [-0.2, -0.15) is 5.10 Å². The molecule has 0 atom stereocenters. The Morgan fingerprint density at radius 2 is 2.00 bits per heavy atom. The molecule has 2 N–H and O–H groups in total. The smallest absolute Gasteiger partial charge is 0.191 e. The van der Waals surface area contributed by atoms with Crippen LogP contribution in [0.2, 0.25) is 0 Å². The first-order valence-corrected chi connectivity index (χ1v) is 9.90. The van der Waals surface area contributed by atoms with Crippen molar-refractivity contribution in [3.63, 3.8) is 0 Å². The second-order valence-electron chi connectivity index (χ2n) is 7.50. The van der Waals surface area contributed by atoms with Crippen molar-refractivity contribution in [3.8, 4) is 0 Å². The molecule has 1 fully saturated rings. The van der Waals surface area contributed by atoms with Crippen LogP contribution >= 0.6 is 0 Å². The second-order valence-corrected chi connectivity index (χ2v) is 7.50. The van der Waals surface area contributed by atoms with Crippen molar-refractivity contribution >= 4 is 5.96 Å². The van der Waals surface area contributed by atoms with E-state index < -0.39 is 0 Å². The Hall–Kier alpha value is -2.34. The van der Waals surface area contributed by atoms with Crippen LogP contribution in [0.25, 0.3) is 0 Å². The van der Waals surface area contributed by atoms with Gasteiger partial charge < -0.3 is 15.5 Å². The van der Waals surface area contributed by atoms with Gasteiger partial charge in [0.25, 0.3) is 0 Å². The van der Waals surface area contributed by atoms with E-state index in [0.717, 1.165) is 45.0 Å². The van der Waals surface area contributed by atoms with E-state index in [0.29, 0.717) is 12.1 Å². The molecule has 0 aliphatic carbocycles. The Balaban J connectivity index is 1.48. The molecule has 6 nitrogen and oxygen atoms in total. The van der Waals surface area contributed by atoms with Gasteiger partial charge in [-0.25, -0.2) is 0 Å². The summed E-state index contributed by atoms with van der Waals surface area (Å²) in [6.45, 7) is 8.41. The molecule has 1 aromatic carbocycles. The molecule has 1 aliphatic rings. The van der Waals surface area contributed by atoms with Crippen molar-refractivity contribution in [1.82, 2.24) is 25.3 Å². The number of nitrogens with zero attached hydrogens (tertiary/aromatic N) is 4. The molecule has 2 aromatic rings. The van der Waals surface area contributed by atoms with E-state index in [1.54, 1.807) is 0 Å². The molecule has 0 unspecified atom stereocenters. The van der Waals surface area contributed by atoms with Gasteiger partial charge in [0.1, 0.15) is 0 Å². The summed E-state index contributed by atoms with van der Waals surface area (Å²) in [6, 6.07) is 11.7. The van der Waals surface area contributed by atoms with Crippen molar-refractivity contribution in [1.29, 1.82) is 0 Å². The first-order valence-electron chi connectivity index (χ1n) is 9.90. The lowest BCUT2D eigenvalue weighted by Gasteiger charge is -2.35. The Bertz CT molecular complexity index is 714. The summed E-state index contributed by atoms with van der Waals surface area (Å²) in [5.41, 5.74) is 2.50. The van der Waals surface area contributed by atoms with E-state index in [9.17, 15) is 0 Å². The average Bonchev–Trinajstić information content (AvgIpc) is 3.19. The quantitative estimate of drug-likeness (QED) is 0.607. The summed E-state index contributed by atoms with van der Waals surface area (Å²) in [7, 11) is 1.84. The fourth-order valence-electron chi connectivity index (χ4n) is 3.55. The SMILES string of the molecule is CN=C(NCc1cccc(Cn2cccn2)c1)NC1CCN(C(C)C)CC1. The van der Waals surface area contributed by atoms with Crippen molar-refractivity contribution < 1.29 is 0 Å². The third-order valence-electron chi connectivity index (χ3n) is 5.18. The second kappa shape index (κ2) is 9.55. The van der Waals surface area contributed by atoms with Crippen LogP contribution in [-0.2, 0) is 13.1 Å². The summed E-state index contributed by atoms with van der Waals surface area (Å²) in [5, 5.41) is 11.3. The highest BCUT2D eigenvalue weighted by atomic mass is 15.3. The Kier molecular flexibility index (Phi) is 6.87. The average molecular weight is 369 g/mol. The molecule has 0 saturated carbocycles. The largest absolute Gasteiger partial charge is 0.354 e. The highest BCUT2D eigenvalue weighted by Crippen LogP contribution is 2.13. The molecule has 6 heteroatoms. The molecule has 1 aliphatic heterocycles. The highest BCUT2D eigenvalue weighted by molar-refractivity contribution is 5.79. The Morgan fingerprint density at radius 3 is 2.67 bits per heavy atom. The number of aromatic nitrogens is 2. The number of benzene rings is 1. The van der Waals surface area contributed by atoms with Crippen LogP contribution in [0, 0.1) is 0 Å². The van der Waals surface area contributed by atoms with Crippen LogP contribution in [0.1, 0.15) is 37.8 Å². The standard InChI is InChI=1S/C21H32N6/c1-17(2)26-12-8-20(9-13-26)25-21(22-3)23-15-18-6-4-7-19(14-18)16-27-11-5-10-24-27/h4-7,10-11,14,17,20H,8-9,12-13,15-16H2,1-3H3,(H2,22,23,25). The normalized spacial score (nSPS) is 16.7. The van der Waals surface area contributed by atoms with Crippen molar-refractivity contribution in [2.75, 3.05) is 20.1 Å². The summed E-state index contributed by atoms with van der Waals surface area (Å²) < 4.78 is 1.94. The van der Waals surface area contributed by atoms with Crippen LogP contribution in [-0.4, -0.2) is 52.9 Å². The molecule has 0 amide bonds. The maximum Gasteiger partial charge on any atom is 0.191 e. The van der Waals surface area contributed by atoms with Crippen LogP contribution < -0.4 is 10.6 Å². The van der Waals surface area contributed by atoms with Crippen molar-refractivity contribution in [3.05, 3.63) is 53.9 Å². The maximum absolute atomic E-state index is 4.40. The Morgan fingerprint density at radius 1 is 1.22 bits per heavy atom. The van der Waals surface area contributed by atoms with Crippen molar-refractivity contribution in [2.24, 2.45) is 4.99 Å². The monoisotopic (exact) mass is 368 g/mol. The number of guanidine groups is 1. The molecule has 146 valence electrons. The zero-order valence-corrected chi connectivity index (χ0v) is 16.7. The first-order chi connectivity index (χ1) is 13.1. The summed E-state index contributed by atoms with van der Waals surface area (Å²) in [5.74, 6) is 0.885. The predicted molar refractivity (Wildman–Crippen MR) is 111 cm³/mol. The number of hydrogen-bond acceptors (Lipinski definition) is 3. The van der Waals surface area contributed by atoms with Gasteiger partial charge >= 0.3 is 0 Å². The zero-order valence-electron chi connectivity index (χ0n) is 16.7. The summed E-state index contributed by atoms with van der Waals surface area (Å²) >= 11 is 0. The molecule has 0 bridgehead atoms. The minimum Gasteiger partial charge on any atom is -0.354 e. The number of rotatable bonds is 6. The molecule has 1 saturated heterocycles. The van der Waals surface area contributed by atoms with Crippen molar-refractivity contribution in [2.45, 2.75) is 51.9 Å². The summed E-state index contributed by atoms with van der Waals surface area (Å²) in [6.07, 6.45) is 6.13. The molecule has 3 rings (SSSR count). The lowest BCUT2D eigenvalue weighted by Crippen LogP contribution is -2.49. The Labute approximate surface area is 162 Å². The van der Waals surface area contributed by atoms with Gasteiger partial charge in [0.2, 0.25) is 0 Å². The van der Waals surface area contributed by atoms with Gasteiger partial charge in [-0.05, 0) is 43.9 Å². The third-order valence-corrected chi connectivity index (χ3v) is 5.18. The molecule has 2 heterocycles. The van der Waals surface area contributed by atoms with E-state index in [1.165, 1.54) is 11.1 Å². The molecular formula is C21H32N6. The fourth-order valence-corrected chi connectivity index (χ4v) is 3.55. The lowest BCUT2D eigenvalue weighted by atomic mass is 10.0. The summed E-state index contributed by atoms with van der Waals surface area (Å²) in [4.78, 5) is 6.94. The highest BCUT2D eigenvalue weighted by Gasteiger charge is 2.21. The van der Waals surface area contributed by atoms with Crippen LogP contribution in [0.15, 0.2) is 47.7 Å². The molecular weight excluding hydrogens is 336 g/mol. The molecule has 0 radical (unpaired) electrons. The van der Waals surface area contributed by atoms with E-state index in [2.05, 4.69) is 63.7 Å². The van der Waals surface area contributed by atoms with Crippen LogP contribution in [0.3, 0.4) is 0 Å². The number of hydrogen-bond donors (Lipinski definition) is 2. The minimum absolute atomic E-state index is 0.498. The number of likely N-dealkylation sites (tertiary alicyclic amines) is 1. The van der Waals surface area contributed by atoms with E-state index >= 15 is 0 Å². The zero-order chi connectivity index (χ0) is 19.1. The maximum atomic E-state index is 4.40. The topological polar surface area (TPSA) is 57.5 Å². The minimum atomic E-state index is 0.498. The van der Waals surface area contributed by atoms with E-state index in [-0.39, 0.29) is 0 Å².